The Morgan fingerprint density at radius 1 is 1.00 bits per heavy atom. The molecule has 1 atom stereocenters. The van der Waals surface area contributed by atoms with Crippen molar-refractivity contribution in [2.24, 2.45) is 0 Å². The van der Waals surface area contributed by atoms with E-state index in [1.165, 1.54) is 5.56 Å². The lowest BCUT2D eigenvalue weighted by Crippen LogP contribution is -2.35. The van der Waals surface area contributed by atoms with Crippen LogP contribution in [-0.4, -0.2) is 35.8 Å². The van der Waals surface area contributed by atoms with Crippen LogP contribution in [0.25, 0.3) is 5.69 Å². The Morgan fingerprint density at radius 2 is 1.73 bits per heavy atom. The van der Waals surface area contributed by atoms with Gasteiger partial charge in [-0.15, -0.1) is 0 Å². The molecule has 7 nitrogen and oxygen atoms in total. The summed E-state index contributed by atoms with van der Waals surface area (Å²) in [5, 5.41) is 8.57. The van der Waals surface area contributed by atoms with Crippen LogP contribution in [0.2, 0.25) is 0 Å². The molecule has 1 unspecified atom stereocenters. The van der Waals surface area contributed by atoms with Crippen molar-refractivity contribution in [3.63, 3.8) is 0 Å². The first-order chi connectivity index (χ1) is 15.9. The molecule has 1 fully saturated rings. The van der Waals surface area contributed by atoms with Gasteiger partial charge in [0, 0.05) is 41.6 Å². The highest BCUT2D eigenvalue weighted by atomic mass is 16.5. The summed E-state index contributed by atoms with van der Waals surface area (Å²) in [5.41, 5.74) is 6.02. The van der Waals surface area contributed by atoms with Crippen molar-refractivity contribution >= 4 is 23.3 Å². The molecule has 1 aliphatic rings. The summed E-state index contributed by atoms with van der Waals surface area (Å²) in [6.07, 6.45) is 2.11. The smallest absolute Gasteiger partial charge is 0.319 e. The number of anilines is 2. The number of nitrogens with zero attached hydrogens (tertiary/aromatic N) is 1. The molecule has 0 radical (unpaired) electrons. The quantitative estimate of drug-likeness (QED) is 0.501. The van der Waals surface area contributed by atoms with Crippen molar-refractivity contribution in [2.75, 3.05) is 23.8 Å². The fourth-order valence-corrected chi connectivity index (χ4v) is 4.18. The molecule has 0 saturated carbocycles. The topological polar surface area (TPSA) is 84.4 Å². The highest BCUT2D eigenvalue weighted by molar-refractivity contribution is 6.05. The Bertz CT molecular complexity index is 1140. The first kappa shape index (κ1) is 22.6. The molecule has 172 valence electrons. The van der Waals surface area contributed by atoms with Crippen LogP contribution in [0, 0.1) is 20.8 Å². The van der Waals surface area contributed by atoms with Gasteiger partial charge in [-0.05, 0) is 81.6 Å². The van der Waals surface area contributed by atoms with E-state index >= 15 is 0 Å². The van der Waals surface area contributed by atoms with Crippen LogP contribution in [0.15, 0.2) is 54.6 Å². The second-order valence-electron chi connectivity index (χ2n) is 8.46. The van der Waals surface area contributed by atoms with Gasteiger partial charge in [0.1, 0.15) is 0 Å². The summed E-state index contributed by atoms with van der Waals surface area (Å²) < 4.78 is 7.59. The number of rotatable bonds is 6. The summed E-state index contributed by atoms with van der Waals surface area (Å²) in [4.78, 5) is 25.0. The minimum Gasteiger partial charge on any atom is -0.376 e. The van der Waals surface area contributed by atoms with E-state index in [0.29, 0.717) is 23.5 Å². The molecule has 2 aromatic carbocycles. The molecule has 1 aromatic heterocycles. The molecule has 33 heavy (non-hydrogen) atoms. The van der Waals surface area contributed by atoms with Crippen LogP contribution in [0.3, 0.4) is 0 Å². The predicted octanol–water partition coefficient (Wildman–Crippen LogP) is 4.96. The Hall–Kier alpha value is -3.58. The van der Waals surface area contributed by atoms with E-state index in [1.54, 1.807) is 24.3 Å². The molecule has 7 heteroatoms. The number of aromatic nitrogens is 1. The molecule has 1 aliphatic heterocycles. The van der Waals surface area contributed by atoms with Gasteiger partial charge in [-0.3, -0.25) is 4.79 Å². The van der Waals surface area contributed by atoms with Crippen LogP contribution in [0.4, 0.5) is 16.2 Å². The number of amides is 3. The van der Waals surface area contributed by atoms with E-state index in [0.717, 1.165) is 36.5 Å². The first-order valence-corrected chi connectivity index (χ1v) is 11.2. The van der Waals surface area contributed by atoms with Gasteiger partial charge < -0.3 is 25.3 Å². The number of hydrogen-bond acceptors (Lipinski definition) is 3. The second-order valence-corrected chi connectivity index (χ2v) is 8.46. The first-order valence-electron chi connectivity index (χ1n) is 11.2. The van der Waals surface area contributed by atoms with Gasteiger partial charge in [0.25, 0.3) is 5.91 Å². The van der Waals surface area contributed by atoms with E-state index < -0.39 is 0 Å². The van der Waals surface area contributed by atoms with Gasteiger partial charge in [0.15, 0.2) is 0 Å². The van der Waals surface area contributed by atoms with E-state index in [9.17, 15) is 9.59 Å². The van der Waals surface area contributed by atoms with Gasteiger partial charge in [-0.25, -0.2) is 4.79 Å². The average Bonchev–Trinajstić information content (AvgIpc) is 3.41. The van der Waals surface area contributed by atoms with E-state index in [1.807, 2.05) is 32.0 Å². The molecule has 1 saturated heterocycles. The standard InChI is InChI=1S/C26H30N4O3/c1-17-6-4-7-22(14-17)30-18(2)15-24(19(30)3)25(31)28-20-9-11-21(12-10-20)29-26(32)27-16-23-8-5-13-33-23/h4,6-7,9-12,14-15,23H,5,8,13,16H2,1-3H3,(H,28,31)(H2,27,29,32). The predicted molar refractivity (Wildman–Crippen MR) is 130 cm³/mol. The Kier molecular flexibility index (Phi) is 6.79. The van der Waals surface area contributed by atoms with Crippen LogP contribution in [0.1, 0.15) is 40.2 Å². The third kappa shape index (κ3) is 5.43. The number of ether oxygens (including phenoxy) is 1. The van der Waals surface area contributed by atoms with Crippen LogP contribution < -0.4 is 16.0 Å². The Labute approximate surface area is 194 Å². The summed E-state index contributed by atoms with van der Waals surface area (Å²) >= 11 is 0. The Morgan fingerprint density at radius 3 is 2.39 bits per heavy atom. The molecule has 3 N–H and O–H groups in total. The van der Waals surface area contributed by atoms with Gasteiger partial charge in [-0.1, -0.05) is 12.1 Å². The van der Waals surface area contributed by atoms with Crippen LogP contribution in [0.5, 0.6) is 0 Å². The summed E-state index contributed by atoms with van der Waals surface area (Å²) in [5.74, 6) is -0.169. The van der Waals surface area contributed by atoms with E-state index in [-0.39, 0.29) is 18.0 Å². The lowest BCUT2D eigenvalue weighted by Gasteiger charge is -2.12. The number of hydrogen-bond donors (Lipinski definition) is 3. The third-order valence-electron chi connectivity index (χ3n) is 5.85. The fourth-order valence-electron chi connectivity index (χ4n) is 4.18. The third-order valence-corrected chi connectivity index (χ3v) is 5.85. The summed E-state index contributed by atoms with van der Waals surface area (Å²) in [6, 6.07) is 16.9. The highest BCUT2D eigenvalue weighted by Gasteiger charge is 2.18. The molecule has 4 rings (SSSR count). The number of carbonyl (C=O) groups is 2. The molecular formula is C26H30N4O3. The molecule has 3 aromatic rings. The van der Waals surface area contributed by atoms with Crippen molar-refractivity contribution in [1.82, 2.24) is 9.88 Å². The molecule has 0 bridgehead atoms. The van der Waals surface area contributed by atoms with Crippen LogP contribution in [-0.2, 0) is 4.74 Å². The van der Waals surface area contributed by atoms with Gasteiger partial charge in [0.2, 0.25) is 0 Å². The monoisotopic (exact) mass is 446 g/mol. The minimum absolute atomic E-state index is 0.0983. The van der Waals surface area contributed by atoms with E-state index in [4.69, 9.17) is 4.74 Å². The van der Waals surface area contributed by atoms with E-state index in [2.05, 4.69) is 39.6 Å². The van der Waals surface area contributed by atoms with Gasteiger partial charge in [-0.2, -0.15) is 0 Å². The van der Waals surface area contributed by atoms with Gasteiger partial charge >= 0.3 is 6.03 Å². The number of aryl methyl sites for hydroxylation is 2. The van der Waals surface area contributed by atoms with Crippen molar-refractivity contribution < 1.29 is 14.3 Å². The molecule has 3 amide bonds. The zero-order valence-corrected chi connectivity index (χ0v) is 19.3. The second kappa shape index (κ2) is 9.92. The molecule has 2 heterocycles. The van der Waals surface area contributed by atoms with Crippen molar-refractivity contribution in [2.45, 2.75) is 39.7 Å². The zero-order chi connectivity index (χ0) is 23.4. The lowest BCUT2D eigenvalue weighted by molar-refractivity contribution is 0.102. The molecular weight excluding hydrogens is 416 g/mol. The zero-order valence-electron chi connectivity index (χ0n) is 19.3. The lowest BCUT2D eigenvalue weighted by atomic mass is 10.2. The SMILES string of the molecule is Cc1cccc(-n2c(C)cc(C(=O)Nc3ccc(NC(=O)NCC4CCCO4)cc3)c2C)c1. The number of benzene rings is 2. The highest BCUT2D eigenvalue weighted by Crippen LogP contribution is 2.23. The maximum Gasteiger partial charge on any atom is 0.319 e. The maximum absolute atomic E-state index is 13.0. The van der Waals surface area contributed by atoms with Crippen molar-refractivity contribution in [3.05, 3.63) is 77.1 Å². The Balaban J connectivity index is 1.38. The maximum atomic E-state index is 13.0. The largest absolute Gasteiger partial charge is 0.376 e. The normalized spacial score (nSPS) is 15.3. The molecule has 0 aliphatic carbocycles. The van der Waals surface area contributed by atoms with Crippen LogP contribution >= 0.6 is 0 Å². The molecule has 0 spiro atoms. The van der Waals surface area contributed by atoms with Crippen molar-refractivity contribution in [1.29, 1.82) is 0 Å². The fraction of sp³-hybridized carbons (Fsp3) is 0.308. The number of carbonyl (C=O) groups excluding carboxylic acids is 2. The average molecular weight is 447 g/mol. The minimum atomic E-state index is -0.272. The van der Waals surface area contributed by atoms with Crippen molar-refractivity contribution in [3.8, 4) is 5.69 Å². The van der Waals surface area contributed by atoms with Gasteiger partial charge in [0.05, 0.1) is 11.7 Å². The number of nitrogens with one attached hydrogen (secondary N) is 3. The number of urea groups is 1. The summed E-state index contributed by atoms with van der Waals surface area (Å²) in [6.45, 7) is 7.26. The summed E-state index contributed by atoms with van der Waals surface area (Å²) in [7, 11) is 0.